The first-order valence-electron chi connectivity index (χ1n) is 19.5. The van der Waals surface area contributed by atoms with Crippen molar-refractivity contribution in [2.45, 2.75) is 74.7 Å². The molecule has 1 aliphatic rings. The van der Waals surface area contributed by atoms with Crippen molar-refractivity contribution in [1.82, 2.24) is 19.4 Å². The maximum absolute atomic E-state index is 13.6. The third-order valence-corrected chi connectivity index (χ3v) is 12.0. The number of rotatable bonds is 18. The Labute approximate surface area is 342 Å². The van der Waals surface area contributed by atoms with Gasteiger partial charge in [0.25, 0.3) is 5.91 Å². The van der Waals surface area contributed by atoms with E-state index in [4.69, 9.17) is 19.8 Å². The quantitative estimate of drug-likeness (QED) is 0.0654. The number of thiophene rings is 1. The lowest BCUT2D eigenvalue weighted by atomic mass is 10.1. The minimum atomic E-state index is -4.37. The molecule has 5 aromatic rings. The van der Waals surface area contributed by atoms with Crippen LogP contribution >= 0.6 is 11.3 Å². The molecule has 58 heavy (non-hydrogen) atoms. The number of nitrogens with two attached hydrogens (primary N) is 1. The Morgan fingerprint density at radius 2 is 1.52 bits per heavy atom. The number of fused-ring (bicyclic) bond motifs is 1. The van der Waals surface area contributed by atoms with Crippen LogP contribution in [0.5, 0.6) is 17.4 Å². The minimum absolute atomic E-state index is 0.0116. The van der Waals surface area contributed by atoms with Gasteiger partial charge in [-0.3, -0.25) is 14.2 Å². The van der Waals surface area contributed by atoms with E-state index in [1.54, 1.807) is 35.7 Å². The van der Waals surface area contributed by atoms with Crippen LogP contribution in [0.1, 0.15) is 73.0 Å². The summed E-state index contributed by atoms with van der Waals surface area (Å²) >= 11 is 0.992. The Kier molecular flexibility index (Phi) is 16.5. The zero-order valence-electron chi connectivity index (χ0n) is 32.7. The summed E-state index contributed by atoms with van der Waals surface area (Å²) in [6.45, 7) is 2.69. The number of benzene rings is 2. The highest BCUT2D eigenvalue weighted by Crippen LogP contribution is 2.28. The first-order chi connectivity index (χ1) is 27.8. The van der Waals surface area contributed by atoms with Crippen LogP contribution in [0.4, 0.5) is 13.2 Å². The Bertz CT molecular complexity index is 2120. The fourth-order valence-electron chi connectivity index (χ4n) is 6.65. The number of carbonyl (C=O) groups excluding carboxylic acids is 1. The number of unbranched alkanes of at least 4 members (excludes halogenated alkanes) is 7. The number of hydrogen-bond acceptors (Lipinski definition) is 9. The molecule has 0 bridgehead atoms. The van der Waals surface area contributed by atoms with E-state index in [0.29, 0.717) is 50.0 Å². The molecule has 0 atom stereocenters. The summed E-state index contributed by atoms with van der Waals surface area (Å²) in [5.74, 6) is 1.36. The Hall–Kier alpha value is -4.48. The number of alkyl halides is 3. The molecule has 11 nitrogen and oxygen atoms in total. The van der Waals surface area contributed by atoms with Crippen molar-refractivity contribution >= 4 is 38.3 Å². The topological polar surface area (TPSA) is 140 Å². The highest BCUT2D eigenvalue weighted by atomic mass is 32.3. The summed E-state index contributed by atoms with van der Waals surface area (Å²) in [4.78, 5) is 22.2. The van der Waals surface area contributed by atoms with Gasteiger partial charge in [-0.1, -0.05) is 62.8 Å². The van der Waals surface area contributed by atoms with E-state index in [9.17, 15) is 26.4 Å². The number of ether oxygens (including phenoxy) is 2. The molecule has 16 heteroatoms. The van der Waals surface area contributed by atoms with Gasteiger partial charge >= 0.3 is 16.3 Å². The Balaban J connectivity index is 0.000000627. The van der Waals surface area contributed by atoms with Gasteiger partial charge in [0.05, 0.1) is 5.52 Å². The number of aryl methyl sites for hydroxylation is 2. The zero-order valence-corrected chi connectivity index (χ0v) is 34.3. The molecule has 6 rings (SSSR count). The number of halogens is 3. The first kappa shape index (κ1) is 44.6. The number of amides is 1. The Morgan fingerprint density at radius 3 is 2.10 bits per heavy atom. The van der Waals surface area contributed by atoms with Gasteiger partial charge in [-0.2, -0.15) is 21.6 Å². The largest absolute Gasteiger partial charge is 0.484 e. The summed E-state index contributed by atoms with van der Waals surface area (Å²) in [5.41, 5.74) is 9.26. The molecule has 0 radical (unpaired) electrons. The van der Waals surface area contributed by atoms with Crippen LogP contribution in [0, 0.1) is 0 Å². The minimum Gasteiger partial charge on any atom is -0.484 e. The van der Waals surface area contributed by atoms with Gasteiger partial charge in [-0.25, -0.2) is 4.98 Å². The van der Waals surface area contributed by atoms with Crippen molar-refractivity contribution in [2.24, 2.45) is 12.8 Å². The lowest BCUT2D eigenvalue weighted by molar-refractivity contribution is -0.153. The second-order valence-electron chi connectivity index (χ2n) is 14.3. The summed E-state index contributed by atoms with van der Waals surface area (Å²) in [7, 11) is -2.05. The van der Waals surface area contributed by atoms with E-state index >= 15 is 0 Å². The fraction of sp³-hybridized carbons (Fsp3) is 0.429. The van der Waals surface area contributed by atoms with Gasteiger partial charge in [-0.05, 0) is 78.7 Å². The number of hydrogen-bond donors (Lipinski definition) is 2. The lowest BCUT2D eigenvalue weighted by Gasteiger charge is -2.34. The fourth-order valence-corrected chi connectivity index (χ4v) is 8.00. The van der Waals surface area contributed by atoms with E-state index in [2.05, 4.69) is 16.0 Å². The third-order valence-electron chi connectivity index (χ3n) is 9.82. The van der Waals surface area contributed by atoms with Gasteiger partial charge < -0.3 is 24.7 Å². The predicted molar refractivity (Wildman–Crippen MR) is 220 cm³/mol. The second kappa shape index (κ2) is 21.5. The average molecular weight is 844 g/mol. The SMILES string of the molecule is Cn1c(C(=O)N2CCN(Cc3ccc(OCC(F)(F)F)cc3)CC2)cc2ccc(Oc3ccc(CCCCCCCCCCN)cn3)cc21.O=S(=O)(O)c1cccs1. The van der Waals surface area contributed by atoms with Crippen molar-refractivity contribution < 1.29 is 40.4 Å². The molecule has 0 spiro atoms. The molecule has 3 aromatic heterocycles. The number of aromatic nitrogens is 2. The molecule has 4 heterocycles. The summed E-state index contributed by atoms with van der Waals surface area (Å²) in [6, 6.07) is 21.3. The van der Waals surface area contributed by atoms with Crippen LogP contribution in [0.15, 0.2) is 88.6 Å². The Morgan fingerprint density at radius 1 is 0.862 bits per heavy atom. The molecule has 0 aliphatic carbocycles. The maximum atomic E-state index is 13.6. The molecule has 2 aromatic carbocycles. The van der Waals surface area contributed by atoms with Crippen molar-refractivity contribution in [1.29, 1.82) is 0 Å². The molecule has 0 saturated carbocycles. The molecular weight excluding hydrogens is 792 g/mol. The van der Waals surface area contributed by atoms with E-state index in [-0.39, 0.29) is 15.9 Å². The van der Waals surface area contributed by atoms with Gasteiger partial charge in [0.2, 0.25) is 5.88 Å². The molecule has 1 amide bonds. The number of pyridine rings is 1. The maximum Gasteiger partial charge on any atom is 0.422 e. The van der Waals surface area contributed by atoms with Crippen molar-refractivity contribution in [3.63, 3.8) is 0 Å². The summed E-state index contributed by atoms with van der Waals surface area (Å²) in [6.07, 6.45) is 8.49. The second-order valence-corrected chi connectivity index (χ2v) is 16.9. The lowest BCUT2D eigenvalue weighted by Crippen LogP contribution is -2.48. The van der Waals surface area contributed by atoms with Crippen LogP contribution in [0.2, 0.25) is 0 Å². The molecule has 3 N–H and O–H groups in total. The van der Waals surface area contributed by atoms with E-state index in [0.717, 1.165) is 53.6 Å². The van der Waals surface area contributed by atoms with Gasteiger partial charge in [0, 0.05) is 63.5 Å². The van der Waals surface area contributed by atoms with E-state index < -0.39 is 22.9 Å². The van der Waals surface area contributed by atoms with Crippen LogP contribution in [0.3, 0.4) is 0 Å². The van der Waals surface area contributed by atoms with E-state index in [1.165, 1.54) is 50.2 Å². The molecule has 1 saturated heterocycles. The third kappa shape index (κ3) is 14.1. The van der Waals surface area contributed by atoms with Crippen LogP contribution in [0.25, 0.3) is 10.9 Å². The molecule has 0 unspecified atom stereocenters. The zero-order chi connectivity index (χ0) is 41.5. The number of carbonyl (C=O) groups is 1. The van der Waals surface area contributed by atoms with Crippen LogP contribution in [-0.2, 0) is 30.1 Å². The average Bonchev–Trinajstić information content (AvgIpc) is 3.87. The highest BCUT2D eigenvalue weighted by molar-refractivity contribution is 7.88. The van der Waals surface area contributed by atoms with Crippen molar-refractivity contribution in [2.75, 3.05) is 39.3 Å². The monoisotopic (exact) mass is 843 g/mol. The first-order valence-corrected chi connectivity index (χ1v) is 21.8. The molecular formula is C42H52F3N5O6S2. The summed E-state index contributed by atoms with van der Waals surface area (Å²) in [5, 5.41) is 2.54. The van der Waals surface area contributed by atoms with Crippen molar-refractivity contribution in [3.05, 3.63) is 101 Å². The molecule has 1 fully saturated rings. The van der Waals surface area contributed by atoms with Crippen molar-refractivity contribution in [3.8, 4) is 17.4 Å². The highest BCUT2D eigenvalue weighted by Gasteiger charge is 2.28. The standard InChI is InChI=1S/C38H48F3N5O3.C4H4O3S2/c1-44-34-25-33(49-36-18-13-29(26-43-36)10-8-6-4-2-3-5-7-9-19-42)17-14-31(34)24-35(44)37(47)46-22-20-45(21-23-46)27-30-11-15-32(16-12-30)48-28-38(39,40)41;5-9(6,7)4-2-1-3-8-4/h11-18,24-26H,2-10,19-23,27-28,42H2,1H3;1-3H,(H,5,6,7). The number of nitrogens with zero attached hydrogens (tertiary/aromatic N) is 4. The van der Waals surface area contributed by atoms with E-state index in [1.807, 2.05) is 53.0 Å². The van der Waals surface area contributed by atoms with Gasteiger partial charge in [-0.15, -0.1) is 11.3 Å². The van der Waals surface area contributed by atoms with Crippen LogP contribution in [-0.4, -0.2) is 83.7 Å². The predicted octanol–water partition coefficient (Wildman–Crippen LogP) is 8.88. The molecule has 314 valence electrons. The number of piperazine rings is 1. The van der Waals surface area contributed by atoms with Gasteiger partial charge in [0.1, 0.15) is 21.4 Å². The van der Waals surface area contributed by atoms with Crippen LogP contribution < -0.4 is 15.2 Å². The van der Waals surface area contributed by atoms with Gasteiger partial charge in [0.15, 0.2) is 6.61 Å². The smallest absolute Gasteiger partial charge is 0.422 e. The normalized spacial score (nSPS) is 13.7. The molecule has 1 aliphatic heterocycles. The summed E-state index contributed by atoms with van der Waals surface area (Å²) < 4.78 is 78.9.